The first-order chi connectivity index (χ1) is 13.9. The third-order valence-electron chi connectivity index (χ3n) is 3.94. The Morgan fingerprint density at radius 2 is 1.00 bits per heavy atom. The summed E-state index contributed by atoms with van der Waals surface area (Å²) in [4.78, 5) is 46.6. The topological polar surface area (TPSA) is 86.7 Å². The van der Waals surface area contributed by atoms with Gasteiger partial charge in [-0.15, -0.1) is 0 Å². The minimum Gasteiger partial charge on any atom is -0.465 e. The molecule has 0 radical (unpaired) electrons. The van der Waals surface area contributed by atoms with E-state index in [1.54, 1.807) is 60.7 Å². The Bertz CT molecular complexity index is 870. The molecule has 0 aliphatic heterocycles. The molecule has 0 amide bonds. The molecule has 2 rings (SSSR count). The Labute approximate surface area is 168 Å². The fourth-order valence-corrected chi connectivity index (χ4v) is 2.36. The van der Waals surface area contributed by atoms with Crippen molar-refractivity contribution < 1.29 is 28.7 Å². The zero-order valence-corrected chi connectivity index (χ0v) is 16.1. The maximum Gasteiger partial charge on any atom is 0.337 e. The lowest BCUT2D eigenvalue weighted by Gasteiger charge is -1.99. The molecular weight excluding hydrogens is 372 g/mol. The van der Waals surface area contributed by atoms with Gasteiger partial charge in [0, 0.05) is 0 Å². The van der Waals surface area contributed by atoms with Gasteiger partial charge >= 0.3 is 11.9 Å². The molecule has 0 fully saturated rings. The zero-order chi connectivity index (χ0) is 21.2. The number of carbonyl (C=O) groups is 4. The first-order valence-corrected chi connectivity index (χ1v) is 8.71. The van der Waals surface area contributed by atoms with Gasteiger partial charge in [-0.05, 0) is 47.5 Å². The van der Waals surface area contributed by atoms with Crippen LogP contribution in [0.2, 0.25) is 0 Å². The van der Waals surface area contributed by atoms with Gasteiger partial charge in [-0.25, -0.2) is 9.59 Å². The van der Waals surface area contributed by atoms with Crippen LogP contribution in [0, 0.1) is 0 Å². The molecule has 0 saturated heterocycles. The summed E-state index contributed by atoms with van der Waals surface area (Å²) in [6, 6.07) is 13.1. The first-order valence-electron chi connectivity index (χ1n) is 8.71. The van der Waals surface area contributed by atoms with Gasteiger partial charge in [0.25, 0.3) is 0 Å². The predicted octanol–water partition coefficient (Wildman–Crippen LogP) is 3.51. The SMILES string of the molecule is COC(=O)c1ccc(/C=C/C(=O)CC(=O)/C=C/c2ccc(C(=O)OC)cc2)cc1. The molecule has 0 unspecified atom stereocenters. The van der Waals surface area contributed by atoms with E-state index in [1.807, 2.05) is 0 Å². The molecule has 2 aromatic rings. The Kier molecular flexibility index (Phi) is 7.79. The van der Waals surface area contributed by atoms with E-state index >= 15 is 0 Å². The van der Waals surface area contributed by atoms with Gasteiger partial charge in [0.15, 0.2) is 11.6 Å². The smallest absolute Gasteiger partial charge is 0.337 e. The van der Waals surface area contributed by atoms with E-state index < -0.39 is 11.9 Å². The van der Waals surface area contributed by atoms with Gasteiger partial charge in [0.05, 0.1) is 31.8 Å². The van der Waals surface area contributed by atoms with Gasteiger partial charge in [0.2, 0.25) is 0 Å². The second-order valence-corrected chi connectivity index (χ2v) is 6.00. The van der Waals surface area contributed by atoms with E-state index in [0.717, 1.165) is 11.1 Å². The largest absolute Gasteiger partial charge is 0.465 e. The van der Waals surface area contributed by atoms with Crippen LogP contribution in [-0.4, -0.2) is 37.7 Å². The number of allylic oxidation sites excluding steroid dienone is 2. The normalized spacial score (nSPS) is 10.8. The van der Waals surface area contributed by atoms with Crippen LogP contribution in [-0.2, 0) is 19.1 Å². The highest BCUT2D eigenvalue weighted by Gasteiger charge is 2.06. The average molecular weight is 392 g/mol. The van der Waals surface area contributed by atoms with Crippen molar-refractivity contribution in [2.24, 2.45) is 0 Å². The maximum atomic E-state index is 11.9. The van der Waals surface area contributed by atoms with Crippen LogP contribution in [0.5, 0.6) is 0 Å². The molecule has 0 N–H and O–H groups in total. The molecule has 0 spiro atoms. The average Bonchev–Trinajstić information content (AvgIpc) is 2.75. The number of ketones is 2. The fourth-order valence-electron chi connectivity index (χ4n) is 2.36. The summed E-state index contributed by atoms with van der Waals surface area (Å²) in [7, 11) is 2.61. The number of methoxy groups -OCH3 is 2. The Morgan fingerprint density at radius 3 is 1.31 bits per heavy atom. The van der Waals surface area contributed by atoms with Crippen molar-refractivity contribution in [2.45, 2.75) is 6.42 Å². The van der Waals surface area contributed by atoms with Crippen LogP contribution in [0.4, 0.5) is 0 Å². The van der Waals surface area contributed by atoms with Crippen molar-refractivity contribution >= 4 is 35.7 Å². The van der Waals surface area contributed by atoms with Crippen LogP contribution < -0.4 is 0 Å². The van der Waals surface area contributed by atoms with E-state index in [-0.39, 0.29) is 18.0 Å². The van der Waals surface area contributed by atoms with Crippen LogP contribution >= 0.6 is 0 Å². The molecule has 148 valence electrons. The maximum absolute atomic E-state index is 11.9. The first kappa shape index (κ1) is 21.5. The van der Waals surface area contributed by atoms with Gasteiger partial charge < -0.3 is 9.47 Å². The number of carbonyl (C=O) groups excluding carboxylic acids is 4. The molecule has 29 heavy (non-hydrogen) atoms. The molecular formula is C23H20O6. The lowest BCUT2D eigenvalue weighted by molar-refractivity contribution is -0.121. The summed E-state index contributed by atoms with van der Waals surface area (Å²) in [6.07, 6.45) is 5.54. The van der Waals surface area contributed by atoms with Crippen molar-refractivity contribution in [1.29, 1.82) is 0 Å². The molecule has 6 nitrogen and oxygen atoms in total. The van der Waals surface area contributed by atoms with Crippen molar-refractivity contribution in [1.82, 2.24) is 0 Å². The molecule has 6 heteroatoms. The number of rotatable bonds is 8. The minimum absolute atomic E-state index is 0.256. The molecule has 0 aliphatic rings. The van der Waals surface area contributed by atoms with E-state index in [2.05, 4.69) is 9.47 Å². The Balaban J connectivity index is 1.89. The number of ether oxygens (including phenoxy) is 2. The van der Waals surface area contributed by atoms with Crippen molar-refractivity contribution in [3.8, 4) is 0 Å². The summed E-state index contributed by atoms with van der Waals surface area (Å²) < 4.78 is 9.24. The molecule has 2 aromatic carbocycles. The highest BCUT2D eigenvalue weighted by Crippen LogP contribution is 2.09. The van der Waals surface area contributed by atoms with Crippen LogP contribution in [0.15, 0.2) is 60.7 Å². The lowest BCUT2D eigenvalue weighted by Crippen LogP contribution is -2.02. The van der Waals surface area contributed by atoms with Crippen molar-refractivity contribution in [2.75, 3.05) is 14.2 Å². The Morgan fingerprint density at radius 1 is 0.655 bits per heavy atom. The van der Waals surface area contributed by atoms with Gasteiger partial charge in [0.1, 0.15) is 0 Å². The summed E-state index contributed by atoms with van der Waals surface area (Å²) >= 11 is 0. The second-order valence-electron chi connectivity index (χ2n) is 6.00. The molecule has 0 heterocycles. The monoisotopic (exact) mass is 392 g/mol. The fraction of sp³-hybridized carbons (Fsp3) is 0.130. The lowest BCUT2D eigenvalue weighted by atomic mass is 10.1. The predicted molar refractivity (Wildman–Crippen MR) is 108 cm³/mol. The highest BCUT2D eigenvalue weighted by atomic mass is 16.5. The van der Waals surface area contributed by atoms with Crippen LogP contribution in [0.25, 0.3) is 12.2 Å². The van der Waals surface area contributed by atoms with Crippen molar-refractivity contribution in [3.63, 3.8) is 0 Å². The minimum atomic E-state index is -0.436. The van der Waals surface area contributed by atoms with Crippen molar-refractivity contribution in [3.05, 3.63) is 82.9 Å². The van der Waals surface area contributed by atoms with E-state index in [0.29, 0.717) is 11.1 Å². The molecule has 0 aromatic heterocycles. The summed E-state index contributed by atoms with van der Waals surface area (Å²) in [5.41, 5.74) is 2.27. The number of esters is 2. The third-order valence-corrected chi connectivity index (χ3v) is 3.94. The standard InChI is InChI=1S/C23H20O6/c1-28-22(26)18-9-3-16(4-10-18)7-13-20(24)15-21(25)14-8-17-5-11-19(12-6-17)23(27)29-2/h3-14H,15H2,1-2H3/b13-7+,14-8+. The van der Waals surface area contributed by atoms with E-state index in [4.69, 9.17) is 0 Å². The molecule has 0 saturated carbocycles. The third kappa shape index (κ3) is 6.70. The van der Waals surface area contributed by atoms with Gasteiger partial charge in [-0.2, -0.15) is 0 Å². The number of hydrogen-bond donors (Lipinski definition) is 0. The second kappa shape index (κ2) is 10.5. The molecule has 0 bridgehead atoms. The molecule has 0 aliphatic carbocycles. The summed E-state index contributed by atoms with van der Waals surface area (Å²) in [6.45, 7) is 0. The number of hydrogen-bond acceptors (Lipinski definition) is 6. The van der Waals surface area contributed by atoms with E-state index in [1.165, 1.54) is 26.4 Å². The highest BCUT2D eigenvalue weighted by molar-refractivity contribution is 6.10. The molecule has 0 atom stereocenters. The Hall–Kier alpha value is -3.80. The number of benzene rings is 2. The van der Waals surface area contributed by atoms with Crippen LogP contribution in [0.1, 0.15) is 38.3 Å². The zero-order valence-electron chi connectivity index (χ0n) is 16.1. The quantitative estimate of drug-likeness (QED) is 0.388. The summed E-state index contributed by atoms with van der Waals surface area (Å²) in [5, 5.41) is 0. The van der Waals surface area contributed by atoms with Gasteiger partial charge in [-0.3, -0.25) is 9.59 Å². The van der Waals surface area contributed by atoms with Gasteiger partial charge in [-0.1, -0.05) is 36.4 Å². The van der Waals surface area contributed by atoms with E-state index in [9.17, 15) is 19.2 Å². The van der Waals surface area contributed by atoms with Crippen LogP contribution in [0.3, 0.4) is 0 Å². The summed E-state index contributed by atoms with van der Waals surface area (Å²) in [5.74, 6) is -1.54.